The molecular formula is C12H16N4. The fourth-order valence-corrected chi connectivity index (χ4v) is 1.61. The number of aryl methyl sites for hydroxylation is 1. The van der Waals surface area contributed by atoms with Gasteiger partial charge in [0.2, 0.25) is 0 Å². The molecule has 2 rings (SSSR count). The molecule has 2 aromatic rings. The Hall–Kier alpha value is -1.68. The first-order chi connectivity index (χ1) is 7.72. The Morgan fingerprint density at radius 2 is 2.00 bits per heavy atom. The van der Waals surface area contributed by atoms with Gasteiger partial charge in [0.1, 0.15) is 5.82 Å². The summed E-state index contributed by atoms with van der Waals surface area (Å²) in [6, 6.07) is 9.88. The highest BCUT2D eigenvalue weighted by atomic mass is 15.3. The van der Waals surface area contributed by atoms with E-state index in [1.165, 1.54) is 0 Å². The molecule has 0 spiro atoms. The molecule has 0 fully saturated rings. The Kier molecular flexibility index (Phi) is 3.01. The zero-order valence-electron chi connectivity index (χ0n) is 9.59. The number of aromatic nitrogens is 3. The number of nitrogens with zero attached hydrogens (tertiary/aromatic N) is 3. The van der Waals surface area contributed by atoms with Gasteiger partial charge in [-0.05, 0) is 6.42 Å². The summed E-state index contributed by atoms with van der Waals surface area (Å²) >= 11 is 0. The molecule has 84 valence electrons. The lowest BCUT2D eigenvalue weighted by atomic mass is 10.2. The van der Waals surface area contributed by atoms with E-state index in [0.717, 1.165) is 23.6 Å². The van der Waals surface area contributed by atoms with Crippen molar-refractivity contribution in [1.82, 2.24) is 14.8 Å². The lowest BCUT2D eigenvalue weighted by Gasteiger charge is -2.05. The Bertz CT molecular complexity index is 461. The predicted octanol–water partition coefficient (Wildman–Crippen LogP) is 1.89. The molecule has 4 nitrogen and oxygen atoms in total. The van der Waals surface area contributed by atoms with Crippen LogP contribution in [0, 0.1) is 0 Å². The van der Waals surface area contributed by atoms with Crippen LogP contribution in [0.4, 0.5) is 0 Å². The molecule has 1 aromatic heterocycles. The minimum Gasteiger partial charge on any atom is -0.321 e. The molecule has 1 aromatic carbocycles. The summed E-state index contributed by atoms with van der Waals surface area (Å²) in [7, 11) is 1.88. The lowest BCUT2D eigenvalue weighted by molar-refractivity contribution is 0.590. The molecule has 2 N–H and O–H groups in total. The molecule has 0 saturated heterocycles. The first-order valence-corrected chi connectivity index (χ1v) is 5.44. The molecule has 0 saturated carbocycles. The minimum absolute atomic E-state index is 0.0463. The van der Waals surface area contributed by atoms with Crippen molar-refractivity contribution in [1.29, 1.82) is 0 Å². The highest BCUT2D eigenvalue weighted by Crippen LogP contribution is 2.18. The first-order valence-electron chi connectivity index (χ1n) is 5.44. The van der Waals surface area contributed by atoms with Crippen molar-refractivity contribution in [3.8, 4) is 11.4 Å². The smallest absolute Gasteiger partial charge is 0.181 e. The van der Waals surface area contributed by atoms with Crippen molar-refractivity contribution >= 4 is 0 Å². The van der Waals surface area contributed by atoms with E-state index in [4.69, 9.17) is 5.73 Å². The normalized spacial score (nSPS) is 12.7. The Morgan fingerprint density at radius 1 is 1.31 bits per heavy atom. The van der Waals surface area contributed by atoms with Gasteiger partial charge < -0.3 is 5.73 Å². The van der Waals surface area contributed by atoms with Crippen LogP contribution in [0.2, 0.25) is 0 Å². The molecule has 0 bridgehead atoms. The summed E-state index contributed by atoms with van der Waals surface area (Å²) in [6.07, 6.45) is 0.862. The Balaban J connectivity index is 2.38. The highest BCUT2D eigenvalue weighted by molar-refractivity contribution is 5.54. The fraction of sp³-hybridized carbons (Fsp3) is 0.333. The van der Waals surface area contributed by atoms with Crippen molar-refractivity contribution in [3.63, 3.8) is 0 Å². The van der Waals surface area contributed by atoms with Crippen molar-refractivity contribution in [2.75, 3.05) is 0 Å². The van der Waals surface area contributed by atoms with Crippen molar-refractivity contribution in [3.05, 3.63) is 36.2 Å². The zero-order valence-corrected chi connectivity index (χ0v) is 9.59. The molecule has 0 aliphatic carbocycles. The van der Waals surface area contributed by atoms with E-state index >= 15 is 0 Å². The lowest BCUT2D eigenvalue weighted by Crippen LogP contribution is -2.14. The van der Waals surface area contributed by atoms with Crippen molar-refractivity contribution < 1.29 is 0 Å². The molecule has 1 atom stereocenters. The number of nitrogens with two attached hydrogens (primary N) is 1. The van der Waals surface area contributed by atoms with Crippen LogP contribution in [0.25, 0.3) is 11.4 Å². The second kappa shape index (κ2) is 4.45. The Labute approximate surface area is 95.1 Å². The van der Waals surface area contributed by atoms with Crippen LogP contribution in [0.1, 0.15) is 25.2 Å². The van der Waals surface area contributed by atoms with Crippen LogP contribution in [-0.2, 0) is 7.05 Å². The van der Waals surface area contributed by atoms with Gasteiger partial charge in [0.15, 0.2) is 5.82 Å². The number of hydrogen-bond acceptors (Lipinski definition) is 3. The van der Waals surface area contributed by atoms with Crippen molar-refractivity contribution in [2.45, 2.75) is 19.4 Å². The van der Waals surface area contributed by atoms with Crippen LogP contribution in [-0.4, -0.2) is 14.8 Å². The van der Waals surface area contributed by atoms with Gasteiger partial charge in [0.05, 0.1) is 6.04 Å². The van der Waals surface area contributed by atoms with Gasteiger partial charge in [0.25, 0.3) is 0 Å². The fourth-order valence-electron chi connectivity index (χ4n) is 1.61. The van der Waals surface area contributed by atoms with Gasteiger partial charge in [-0.15, -0.1) is 0 Å². The summed E-state index contributed by atoms with van der Waals surface area (Å²) in [5, 5.41) is 4.38. The highest BCUT2D eigenvalue weighted by Gasteiger charge is 2.13. The van der Waals surface area contributed by atoms with Gasteiger partial charge in [0, 0.05) is 12.6 Å². The molecule has 0 aliphatic rings. The summed E-state index contributed by atoms with van der Waals surface area (Å²) in [6.45, 7) is 2.04. The third-order valence-corrected chi connectivity index (χ3v) is 2.60. The maximum atomic E-state index is 5.96. The molecule has 0 aliphatic heterocycles. The van der Waals surface area contributed by atoms with Crippen LogP contribution < -0.4 is 5.73 Å². The van der Waals surface area contributed by atoms with Gasteiger partial charge >= 0.3 is 0 Å². The topological polar surface area (TPSA) is 56.7 Å². The molecule has 0 amide bonds. The SMILES string of the molecule is CCC(N)c1nc(-c2ccccc2)nn1C. The van der Waals surface area contributed by atoms with Gasteiger partial charge in [-0.2, -0.15) is 5.10 Å². The number of hydrogen-bond donors (Lipinski definition) is 1. The third kappa shape index (κ3) is 1.97. The largest absolute Gasteiger partial charge is 0.321 e. The zero-order chi connectivity index (χ0) is 11.5. The second-order valence-corrected chi connectivity index (χ2v) is 3.80. The van der Waals surface area contributed by atoms with E-state index in [1.54, 1.807) is 4.68 Å². The molecule has 1 heterocycles. The summed E-state index contributed by atoms with van der Waals surface area (Å²) in [5.41, 5.74) is 6.98. The second-order valence-electron chi connectivity index (χ2n) is 3.80. The quantitative estimate of drug-likeness (QED) is 0.852. The summed E-state index contributed by atoms with van der Waals surface area (Å²) in [4.78, 5) is 4.48. The van der Waals surface area contributed by atoms with Crippen LogP contribution in [0.5, 0.6) is 0 Å². The van der Waals surface area contributed by atoms with Gasteiger partial charge in [-0.1, -0.05) is 37.3 Å². The molecule has 4 heteroatoms. The first kappa shape index (κ1) is 10.8. The monoisotopic (exact) mass is 216 g/mol. The standard InChI is InChI=1S/C12H16N4/c1-3-10(13)12-14-11(15-16(12)2)9-7-5-4-6-8-9/h4-8,10H,3,13H2,1-2H3. The average molecular weight is 216 g/mol. The van der Waals surface area contributed by atoms with Crippen molar-refractivity contribution in [2.24, 2.45) is 12.8 Å². The average Bonchev–Trinajstić information content (AvgIpc) is 2.71. The third-order valence-electron chi connectivity index (χ3n) is 2.60. The van der Waals surface area contributed by atoms with Crippen LogP contribution in [0.3, 0.4) is 0 Å². The summed E-state index contributed by atoms with van der Waals surface area (Å²) < 4.78 is 1.76. The van der Waals surface area contributed by atoms with E-state index < -0.39 is 0 Å². The van der Waals surface area contributed by atoms with Gasteiger partial charge in [-0.25, -0.2) is 4.98 Å². The van der Waals surface area contributed by atoms with Crippen LogP contribution in [0.15, 0.2) is 30.3 Å². The van der Waals surface area contributed by atoms with E-state index in [0.29, 0.717) is 0 Å². The maximum Gasteiger partial charge on any atom is 0.181 e. The molecular weight excluding hydrogens is 200 g/mol. The Morgan fingerprint density at radius 3 is 2.62 bits per heavy atom. The predicted molar refractivity (Wildman–Crippen MR) is 63.7 cm³/mol. The molecule has 16 heavy (non-hydrogen) atoms. The number of rotatable bonds is 3. The molecule has 0 radical (unpaired) electrons. The van der Waals surface area contributed by atoms with Crippen LogP contribution >= 0.6 is 0 Å². The maximum absolute atomic E-state index is 5.96. The van der Waals surface area contributed by atoms with E-state index in [2.05, 4.69) is 10.1 Å². The van der Waals surface area contributed by atoms with E-state index in [9.17, 15) is 0 Å². The van der Waals surface area contributed by atoms with Gasteiger partial charge in [-0.3, -0.25) is 4.68 Å². The number of benzene rings is 1. The summed E-state index contributed by atoms with van der Waals surface area (Å²) in [5.74, 6) is 1.57. The minimum atomic E-state index is -0.0463. The van der Waals surface area contributed by atoms with E-state index in [-0.39, 0.29) is 6.04 Å². The molecule has 1 unspecified atom stereocenters. The van der Waals surface area contributed by atoms with E-state index in [1.807, 2.05) is 44.3 Å².